The summed E-state index contributed by atoms with van der Waals surface area (Å²) < 4.78 is 0.868. The fourth-order valence-corrected chi connectivity index (χ4v) is 3.68. The van der Waals surface area contributed by atoms with Crippen molar-refractivity contribution in [2.24, 2.45) is 0 Å². The number of rotatable bonds is 2. The molecule has 3 rings (SSSR count). The number of carbonyl (C=O) groups excluding carboxylic acids is 1. The van der Waals surface area contributed by atoms with Gasteiger partial charge in [-0.1, -0.05) is 11.6 Å². The van der Waals surface area contributed by atoms with Crippen molar-refractivity contribution >= 4 is 21.8 Å². The Morgan fingerprint density at radius 3 is 2.68 bits per heavy atom. The lowest BCUT2D eigenvalue weighted by molar-refractivity contribution is 0.0923. The summed E-state index contributed by atoms with van der Waals surface area (Å²) in [5.74, 6) is 0.0434. The second kappa shape index (κ2) is 5.25. The molecule has 19 heavy (non-hydrogen) atoms. The lowest BCUT2D eigenvalue weighted by Gasteiger charge is -2.29. The minimum atomic E-state index is 0.0434. The van der Waals surface area contributed by atoms with Crippen molar-refractivity contribution in [1.29, 1.82) is 0 Å². The molecule has 2 atom stereocenters. The van der Waals surface area contributed by atoms with Crippen LogP contribution in [0.1, 0.15) is 41.6 Å². The van der Waals surface area contributed by atoms with Gasteiger partial charge >= 0.3 is 0 Å². The molecule has 0 aromatic heterocycles. The first-order chi connectivity index (χ1) is 9.11. The van der Waals surface area contributed by atoms with Crippen molar-refractivity contribution in [2.75, 3.05) is 0 Å². The lowest BCUT2D eigenvalue weighted by Crippen LogP contribution is -2.48. The predicted molar refractivity (Wildman–Crippen MR) is 79.3 cm³/mol. The monoisotopic (exact) mass is 322 g/mol. The van der Waals surface area contributed by atoms with Gasteiger partial charge in [-0.15, -0.1) is 0 Å². The molecule has 2 heterocycles. The average molecular weight is 323 g/mol. The van der Waals surface area contributed by atoms with Gasteiger partial charge < -0.3 is 10.6 Å². The highest BCUT2D eigenvalue weighted by Crippen LogP contribution is 2.27. The molecule has 2 bridgehead atoms. The van der Waals surface area contributed by atoms with E-state index in [1.54, 1.807) is 0 Å². The van der Waals surface area contributed by atoms with Crippen LogP contribution in [0.4, 0.5) is 0 Å². The van der Waals surface area contributed by atoms with E-state index in [0.717, 1.165) is 28.4 Å². The van der Waals surface area contributed by atoms with E-state index in [2.05, 4.69) is 26.6 Å². The minimum Gasteiger partial charge on any atom is -0.349 e. The molecule has 4 heteroatoms. The van der Waals surface area contributed by atoms with Gasteiger partial charge in [0.2, 0.25) is 0 Å². The van der Waals surface area contributed by atoms with Crippen molar-refractivity contribution < 1.29 is 4.79 Å². The Bertz CT molecular complexity index is 491. The third-order valence-electron chi connectivity index (χ3n) is 4.17. The Labute approximate surface area is 122 Å². The number of piperidine rings is 1. The highest BCUT2D eigenvalue weighted by atomic mass is 79.9. The second-order valence-electron chi connectivity index (χ2n) is 5.76. The van der Waals surface area contributed by atoms with Crippen LogP contribution in [0.5, 0.6) is 0 Å². The van der Waals surface area contributed by atoms with Gasteiger partial charge in [0.1, 0.15) is 0 Å². The predicted octanol–water partition coefficient (Wildman–Crippen LogP) is 2.77. The van der Waals surface area contributed by atoms with E-state index >= 15 is 0 Å². The molecule has 2 unspecified atom stereocenters. The first-order valence-electron chi connectivity index (χ1n) is 6.95. The number of aryl methyl sites for hydroxylation is 1. The smallest absolute Gasteiger partial charge is 0.252 e. The third-order valence-corrected chi connectivity index (χ3v) is 4.87. The molecule has 1 amide bonds. The van der Waals surface area contributed by atoms with Crippen LogP contribution >= 0.6 is 15.9 Å². The maximum absolute atomic E-state index is 12.4. The SMILES string of the molecule is Cc1ccc(Br)c(C(=O)NC2CC3CCC(C2)N3)c1. The molecule has 0 aliphatic carbocycles. The summed E-state index contributed by atoms with van der Waals surface area (Å²) in [6.45, 7) is 2.01. The lowest BCUT2D eigenvalue weighted by atomic mass is 9.99. The van der Waals surface area contributed by atoms with Crippen molar-refractivity contribution in [3.05, 3.63) is 33.8 Å². The number of hydrogen-bond donors (Lipinski definition) is 2. The number of amides is 1. The largest absolute Gasteiger partial charge is 0.349 e. The first-order valence-corrected chi connectivity index (χ1v) is 7.74. The third kappa shape index (κ3) is 2.84. The van der Waals surface area contributed by atoms with Gasteiger partial charge in [-0.05, 0) is 60.7 Å². The summed E-state index contributed by atoms with van der Waals surface area (Å²) >= 11 is 3.46. The van der Waals surface area contributed by atoms with E-state index in [-0.39, 0.29) is 5.91 Å². The van der Waals surface area contributed by atoms with E-state index < -0.39 is 0 Å². The fraction of sp³-hybridized carbons (Fsp3) is 0.533. The topological polar surface area (TPSA) is 41.1 Å². The van der Waals surface area contributed by atoms with E-state index in [9.17, 15) is 4.79 Å². The molecule has 3 nitrogen and oxygen atoms in total. The van der Waals surface area contributed by atoms with Gasteiger partial charge in [0, 0.05) is 22.6 Å². The number of nitrogens with one attached hydrogen (secondary N) is 2. The zero-order chi connectivity index (χ0) is 13.4. The van der Waals surface area contributed by atoms with Gasteiger partial charge in [0.05, 0.1) is 5.56 Å². The highest BCUT2D eigenvalue weighted by Gasteiger charge is 2.34. The summed E-state index contributed by atoms with van der Waals surface area (Å²) in [5, 5.41) is 6.79. The van der Waals surface area contributed by atoms with Crippen molar-refractivity contribution in [3.63, 3.8) is 0 Å². The van der Waals surface area contributed by atoms with E-state index in [1.165, 1.54) is 12.8 Å². The molecule has 0 saturated carbocycles. The molecule has 2 fully saturated rings. The van der Waals surface area contributed by atoms with Crippen LogP contribution < -0.4 is 10.6 Å². The molecule has 0 radical (unpaired) electrons. The molecule has 2 aliphatic rings. The van der Waals surface area contributed by atoms with Crippen LogP contribution in [-0.2, 0) is 0 Å². The van der Waals surface area contributed by atoms with E-state index in [1.807, 2.05) is 25.1 Å². The highest BCUT2D eigenvalue weighted by molar-refractivity contribution is 9.10. The van der Waals surface area contributed by atoms with Gasteiger partial charge in [0.15, 0.2) is 0 Å². The van der Waals surface area contributed by atoms with Gasteiger partial charge in [-0.2, -0.15) is 0 Å². The normalized spacial score (nSPS) is 29.3. The molecule has 102 valence electrons. The molecule has 1 aromatic carbocycles. The molecule has 1 aromatic rings. The van der Waals surface area contributed by atoms with Crippen molar-refractivity contribution in [1.82, 2.24) is 10.6 Å². The van der Waals surface area contributed by atoms with Gasteiger partial charge in [0.25, 0.3) is 5.91 Å². The second-order valence-corrected chi connectivity index (χ2v) is 6.62. The number of fused-ring (bicyclic) bond motifs is 2. The summed E-state index contributed by atoms with van der Waals surface area (Å²) in [4.78, 5) is 12.4. The minimum absolute atomic E-state index is 0.0434. The molecular formula is C15H19BrN2O. The summed E-state index contributed by atoms with van der Waals surface area (Å²) in [5.41, 5.74) is 1.85. The Morgan fingerprint density at radius 1 is 1.32 bits per heavy atom. The number of carbonyl (C=O) groups is 1. The summed E-state index contributed by atoms with van der Waals surface area (Å²) in [7, 11) is 0. The van der Waals surface area contributed by atoms with Crippen LogP contribution in [-0.4, -0.2) is 24.0 Å². The molecule has 2 aliphatic heterocycles. The van der Waals surface area contributed by atoms with Gasteiger partial charge in [-0.25, -0.2) is 0 Å². The Balaban J connectivity index is 1.69. The van der Waals surface area contributed by atoms with Crippen LogP contribution in [0.25, 0.3) is 0 Å². The Morgan fingerprint density at radius 2 is 2.00 bits per heavy atom. The summed E-state index contributed by atoms with van der Waals surface area (Å²) in [6.07, 6.45) is 4.63. The fourth-order valence-electron chi connectivity index (χ4n) is 3.25. The number of hydrogen-bond acceptors (Lipinski definition) is 2. The number of benzene rings is 1. The maximum Gasteiger partial charge on any atom is 0.252 e. The van der Waals surface area contributed by atoms with Crippen LogP contribution in [0.3, 0.4) is 0 Å². The van der Waals surface area contributed by atoms with Crippen LogP contribution in [0.2, 0.25) is 0 Å². The molecular weight excluding hydrogens is 304 g/mol. The van der Waals surface area contributed by atoms with E-state index in [0.29, 0.717) is 18.1 Å². The van der Waals surface area contributed by atoms with Gasteiger partial charge in [-0.3, -0.25) is 4.79 Å². The Kier molecular flexibility index (Phi) is 3.63. The summed E-state index contributed by atoms with van der Waals surface area (Å²) in [6, 6.07) is 7.41. The van der Waals surface area contributed by atoms with Crippen LogP contribution in [0, 0.1) is 6.92 Å². The molecule has 2 saturated heterocycles. The average Bonchev–Trinajstić information content (AvgIpc) is 2.71. The zero-order valence-corrected chi connectivity index (χ0v) is 12.7. The standard InChI is InChI=1S/C15H19BrN2O/c1-9-2-5-14(16)13(6-9)15(19)18-12-7-10-3-4-11(8-12)17-10/h2,5-6,10-12,17H,3-4,7-8H2,1H3,(H,18,19). The zero-order valence-electron chi connectivity index (χ0n) is 11.1. The quantitative estimate of drug-likeness (QED) is 0.879. The number of halogens is 1. The molecule has 0 spiro atoms. The van der Waals surface area contributed by atoms with Crippen molar-refractivity contribution in [2.45, 2.75) is 50.7 Å². The molecule has 2 N–H and O–H groups in total. The maximum atomic E-state index is 12.4. The first kappa shape index (κ1) is 13.1. The van der Waals surface area contributed by atoms with Crippen molar-refractivity contribution in [3.8, 4) is 0 Å². The van der Waals surface area contributed by atoms with E-state index in [4.69, 9.17) is 0 Å². The Hall–Kier alpha value is -0.870. The van der Waals surface area contributed by atoms with Crippen LogP contribution in [0.15, 0.2) is 22.7 Å².